The Morgan fingerprint density at radius 1 is 0.879 bits per heavy atom. The molecule has 0 spiro atoms. The first-order chi connectivity index (χ1) is 15.3. The van der Waals surface area contributed by atoms with E-state index in [0.717, 1.165) is 0 Å². The second-order valence-electron chi connectivity index (χ2n) is 7.68. The van der Waals surface area contributed by atoms with E-state index in [1.165, 1.54) is 11.8 Å². The molecule has 14 heteroatoms. The molecule has 0 rings (SSSR count). The van der Waals surface area contributed by atoms with Crippen molar-refractivity contribution in [3.05, 3.63) is 0 Å². The number of thioether (sulfide) groups is 1. The zero-order valence-electron chi connectivity index (χ0n) is 18.8. The first-order valence-electron chi connectivity index (χ1n) is 10.2. The smallest absolute Gasteiger partial charge is 0.326 e. The lowest BCUT2D eigenvalue weighted by Gasteiger charge is -2.25. The van der Waals surface area contributed by atoms with Gasteiger partial charge in [-0.2, -0.15) is 11.8 Å². The minimum absolute atomic E-state index is 0.151. The molecule has 0 aromatic heterocycles. The minimum atomic E-state index is -1.46. The van der Waals surface area contributed by atoms with Gasteiger partial charge in [-0.25, -0.2) is 4.79 Å². The standard InChI is InChI=1S/C19H33N5O8S/c1-9(2)15(19(31)32)24-17(29)11(6-7-33-3)22-18(30)12(8-13(21)25)23-16(28)10(20)4-5-14(26)27/h9-12,15H,4-8,20H2,1-3H3,(H2,21,25)(H,22,30)(H,23,28)(H,24,29)(H,26,27)(H,31,32). The number of carboxylic acid groups (broad SMARTS) is 2. The molecule has 4 amide bonds. The van der Waals surface area contributed by atoms with E-state index in [1.54, 1.807) is 20.1 Å². The Balaban J connectivity index is 5.44. The number of hydrogen-bond donors (Lipinski definition) is 7. The molecule has 9 N–H and O–H groups in total. The Labute approximate surface area is 195 Å². The molecule has 0 radical (unpaired) electrons. The Morgan fingerprint density at radius 3 is 1.88 bits per heavy atom. The molecular weight excluding hydrogens is 458 g/mol. The molecular formula is C19H33N5O8S. The van der Waals surface area contributed by atoms with Gasteiger partial charge in [0, 0.05) is 6.42 Å². The number of nitrogens with one attached hydrogen (secondary N) is 3. The largest absolute Gasteiger partial charge is 0.481 e. The maximum absolute atomic E-state index is 12.8. The van der Waals surface area contributed by atoms with Crippen molar-refractivity contribution in [3.63, 3.8) is 0 Å². The zero-order chi connectivity index (χ0) is 25.7. The van der Waals surface area contributed by atoms with Gasteiger partial charge in [-0.05, 0) is 30.8 Å². The Morgan fingerprint density at radius 2 is 1.42 bits per heavy atom. The average molecular weight is 492 g/mol. The Kier molecular flexibility index (Phi) is 13.7. The summed E-state index contributed by atoms with van der Waals surface area (Å²) in [6.07, 6.45) is 0.761. The summed E-state index contributed by atoms with van der Waals surface area (Å²) < 4.78 is 0. The molecule has 0 fully saturated rings. The van der Waals surface area contributed by atoms with E-state index in [9.17, 15) is 33.9 Å². The van der Waals surface area contributed by atoms with Gasteiger partial charge < -0.3 is 37.6 Å². The predicted octanol–water partition coefficient (Wildman–Crippen LogP) is -2.00. The highest BCUT2D eigenvalue weighted by molar-refractivity contribution is 7.98. The maximum atomic E-state index is 12.8. The van der Waals surface area contributed by atoms with Gasteiger partial charge in [0.25, 0.3) is 0 Å². The third kappa shape index (κ3) is 12.1. The van der Waals surface area contributed by atoms with E-state index in [1.807, 2.05) is 0 Å². The highest BCUT2D eigenvalue weighted by Crippen LogP contribution is 2.07. The van der Waals surface area contributed by atoms with E-state index >= 15 is 0 Å². The molecule has 4 atom stereocenters. The van der Waals surface area contributed by atoms with Crippen LogP contribution in [0.25, 0.3) is 0 Å². The van der Waals surface area contributed by atoms with Crippen molar-refractivity contribution in [2.75, 3.05) is 12.0 Å². The first-order valence-corrected chi connectivity index (χ1v) is 11.6. The Hall–Kier alpha value is -2.87. The zero-order valence-corrected chi connectivity index (χ0v) is 19.6. The van der Waals surface area contributed by atoms with Crippen molar-refractivity contribution in [2.24, 2.45) is 17.4 Å². The van der Waals surface area contributed by atoms with Crippen LogP contribution in [0.2, 0.25) is 0 Å². The molecule has 0 saturated heterocycles. The third-order valence-corrected chi connectivity index (χ3v) is 5.16. The van der Waals surface area contributed by atoms with Crippen molar-refractivity contribution >= 4 is 47.3 Å². The molecule has 33 heavy (non-hydrogen) atoms. The van der Waals surface area contributed by atoms with Crippen LogP contribution in [-0.2, 0) is 28.8 Å². The lowest BCUT2D eigenvalue weighted by Crippen LogP contribution is -2.58. The first kappa shape index (κ1) is 30.1. The van der Waals surface area contributed by atoms with Crippen LogP contribution >= 0.6 is 11.8 Å². The molecule has 0 heterocycles. The fraction of sp³-hybridized carbons (Fsp3) is 0.684. The van der Waals surface area contributed by atoms with Gasteiger partial charge in [0.1, 0.15) is 18.1 Å². The lowest BCUT2D eigenvalue weighted by molar-refractivity contribution is -0.143. The number of carbonyl (C=O) groups excluding carboxylic acids is 4. The number of nitrogens with two attached hydrogens (primary N) is 2. The number of carbonyl (C=O) groups is 6. The molecule has 0 saturated carbocycles. The normalized spacial score (nSPS) is 14.5. The molecule has 4 unspecified atom stereocenters. The van der Waals surface area contributed by atoms with Gasteiger partial charge in [0.15, 0.2) is 0 Å². The maximum Gasteiger partial charge on any atom is 0.326 e. The number of rotatable bonds is 16. The van der Waals surface area contributed by atoms with Crippen LogP contribution in [-0.4, -0.2) is 82.0 Å². The van der Waals surface area contributed by atoms with Gasteiger partial charge in [0.2, 0.25) is 23.6 Å². The van der Waals surface area contributed by atoms with E-state index < -0.39 is 72.1 Å². The molecule has 188 valence electrons. The van der Waals surface area contributed by atoms with Crippen molar-refractivity contribution in [2.45, 2.75) is 63.7 Å². The Bertz CT molecular complexity index is 733. The summed E-state index contributed by atoms with van der Waals surface area (Å²) in [6, 6.07) is -5.03. The number of primary amides is 1. The van der Waals surface area contributed by atoms with E-state index in [0.29, 0.717) is 5.75 Å². The second kappa shape index (κ2) is 15.1. The summed E-state index contributed by atoms with van der Waals surface area (Å²) in [5.74, 6) is -5.77. The molecule has 0 aliphatic rings. The van der Waals surface area contributed by atoms with Crippen LogP contribution in [0.5, 0.6) is 0 Å². The van der Waals surface area contributed by atoms with Crippen molar-refractivity contribution in [1.82, 2.24) is 16.0 Å². The van der Waals surface area contributed by atoms with Crippen LogP contribution < -0.4 is 27.4 Å². The van der Waals surface area contributed by atoms with Gasteiger partial charge in [-0.1, -0.05) is 13.8 Å². The van der Waals surface area contributed by atoms with Crippen molar-refractivity contribution < 1.29 is 39.0 Å². The summed E-state index contributed by atoms with van der Waals surface area (Å²) in [6.45, 7) is 3.22. The molecule has 13 nitrogen and oxygen atoms in total. The van der Waals surface area contributed by atoms with Gasteiger partial charge in [-0.15, -0.1) is 0 Å². The van der Waals surface area contributed by atoms with Crippen molar-refractivity contribution in [1.29, 1.82) is 0 Å². The fourth-order valence-corrected chi connectivity index (χ4v) is 3.11. The van der Waals surface area contributed by atoms with Crippen LogP contribution in [0.1, 0.15) is 39.5 Å². The van der Waals surface area contributed by atoms with Gasteiger partial charge in [-0.3, -0.25) is 24.0 Å². The van der Waals surface area contributed by atoms with E-state index in [4.69, 9.17) is 16.6 Å². The SMILES string of the molecule is CSCCC(NC(=O)C(CC(N)=O)NC(=O)C(N)CCC(=O)O)C(=O)NC(C(=O)O)C(C)C. The van der Waals surface area contributed by atoms with Crippen LogP contribution in [0.3, 0.4) is 0 Å². The summed E-state index contributed by atoms with van der Waals surface area (Å²) >= 11 is 1.39. The number of carboxylic acids is 2. The molecule has 0 aliphatic carbocycles. The van der Waals surface area contributed by atoms with E-state index in [-0.39, 0.29) is 19.3 Å². The van der Waals surface area contributed by atoms with Crippen LogP contribution in [0.15, 0.2) is 0 Å². The lowest BCUT2D eigenvalue weighted by atomic mass is 10.0. The summed E-state index contributed by atoms with van der Waals surface area (Å²) in [4.78, 5) is 71.1. The summed E-state index contributed by atoms with van der Waals surface area (Å²) in [5, 5.41) is 25.0. The highest BCUT2D eigenvalue weighted by Gasteiger charge is 2.31. The van der Waals surface area contributed by atoms with Crippen molar-refractivity contribution in [3.8, 4) is 0 Å². The predicted molar refractivity (Wildman–Crippen MR) is 120 cm³/mol. The number of aliphatic carboxylic acids is 2. The monoisotopic (exact) mass is 491 g/mol. The fourth-order valence-electron chi connectivity index (χ4n) is 2.64. The number of amides is 4. The van der Waals surface area contributed by atoms with E-state index in [2.05, 4.69) is 16.0 Å². The topological polar surface area (TPSA) is 231 Å². The van der Waals surface area contributed by atoms with Crippen LogP contribution in [0, 0.1) is 5.92 Å². The third-order valence-electron chi connectivity index (χ3n) is 4.52. The molecule has 0 aliphatic heterocycles. The quantitative estimate of drug-likeness (QED) is 0.125. The average Bonchev–Trinajstić information content (AvgIpc) is 2.71. The van der Waals surface area contributed by atoms with Gasteiger partial charge >= 0.3 is 11.9 Å². The minimum Gasteiger partial charge on any atom is -0.481 e. The molecule has 0 bridgehead atoms. The van der Waals surface area contributed by atoms with Crippen LogP contribution in [0.4, 0.5) is 0 Å². The second-order valence-corrected chi connectivity index (χ2v) is 8.67. The molecule has 0 aromatic rings. The molecule has 0 aromatic carbocycles. The van der Waals surface area contributed by atoms with Gasteiger partial charge in [0.05, 0.1) is 12.5 Å². The highest BCUT2D eigenvalue weighted by atomic mass is 32.2. The summed E-state index contributed by atoms with van der Waals surface area (Å²) in [7, 11) is 0. The number of hydrogen-bond acceptors (Lipinski definition) is 8. The summed E-state index contributed by atoms with van der Waals surface area (Å²) in [5.41, 5.74) is 10.8.